The smallest absolute Gasteiger partial charge is 0.247 e. The largest absolute Gasteiger partial charge is 0.341 e. The molecule has 2 aromatic carbocycles. The molecule has 2 aliphatic heterocycles. The van der Waals surface area contributed by atoms with E-state index in [-0.39, 0.29) is 23.6 Å². The number of thioether (sulfide) groups is 1. The molecule has 3 amide bonds. The highest BCUT2D eigenvalue weighted by Gasteiger charge is 2.37. The number of hydrogen-bond donors (Lipinski definition) is 2. The highest BCUT2D eigenvalue weighted by atomic mass is 32.2. The van der Waals surface area contributed by atoms with Gasteiger partial charge in [-0.1, -0.05) is 24.3 Å². The van der Waals surface area contributed by atoms with E-state index in [1.165, 1.54) is 11.8 Å². The van der Waals surface area contributed by atoms with Crippen molar-refractivity contribution in [2.75, 3.05) is 23.7 Å². The maximum atomic E-state index is 13.0. The Morgan fingerprint density at radius 1 is 1.07 bits per heavy atom. The molecule has 2 heterocycles. The lowest BCUT2D eigenvalue weighted by Gasteiger charge is -2.34. The zero-order valence-electron chi connectivity index (χ0n) is 17.1. The number of piperidine rings is 1. The number of carbonyl (C=O) groups is 3. The molecule has 156 valence electrons. The van der Waals surface area contributed by atoms with E-state index >= 15 is 0 Å². The molecule has 0 saturated carbocycles. The lowest BCUT2D eigenvalue weighted by molar-refractivity contribution is -0.136. The summed E-state index contributed by atoms with van der Waals surface area (Å²) in [6.45, 7) is 4.98. The monoisotopic (exact) mass is 423 g/mol. The number of benzene rings is 2. The van der Waals surface area contributed by atoms with Crippen molar-refractivity contribution in [3.63, 3.8) is 0 Å². The molecule has 0 spiro atoms. The summed E-state index contributed by atoms with van der Waals surface area (Å²) in [6.07, 6.45) is 1.19. The van der Waals surface area contributed by atoms with Gasteiger partial charge in [-0.15, -0.1) is 11.8 Å². The molecule has 1 saturated heterocycles. The molecule has 0 aromatic heterocycles. The zero-order chi connectivity index (χ0) is 21.3. The van der Waals surface area contributed by atoms with Gasteiger partial charge in [0.15, 0.2) is 5.25 Å². The predicted octanol–water partition coefficient (Wildman–Crippen LogP) is 3.59. The second-order valence-corrected chi connectivity index (χ2v) is 8.97. The van der Waals surface area contributed by atoms with Crippen molar-refractivity contribution >= 4 is 40.9 Å². The van der Waals surface area contributed by atoms with E-state index in [4.69, 9.17) is 0 Å². The van der Waals surface area contributed by atoms with Gasteiger partial charge in [-0.25, -0.2) is 0 Å². The van der Waals surface area contributed by atoms with Gasteiger partial charge in [0.05, 0.1) is 5.69 Å². The summed E-state index contributed by atoms with van der Waals surface area (Å²) in [5.41, 5.74) is 3.79. The molecule has 6 nitrogen and oxygen atoms in total. The quantitative estimate of drug-likeness (QED) is 0.740. The average Bonchev–Trinajstić information content (AvgIpc) is 2.76. The number of amides is 3. The van der Waals surface area contributed by atoms with Crippen molar-refractivity contribution in [3.8, 4) is 0 Å². The third-order valence-corrected chi connectivity index (χ3v) is 7.15. The normalized spacial score (nSPS) is 19.1. The Bertz CT molecular complexity index is 999. The Kier molecular flexibility index (Phi) is 5.81. The summed E-state index contributed by atoms with van der Waals surface area (Å²) in [7, 11) is 0. The maximum absolute atomic E-state index is 13.0. The minimum Gasteiger partial charge on any atom is -0.341 e. The van der Waals surface area contributed by atoms with Gasteiger partial charge in [-0.3, -0.25) is 14.4 Å². The molecular weight excluding hydrogens is 398 g/mol. The van der Waals surface area contributed by atoms with Crippen molar-refractivity contribution in [2.24, 2.45) is 5.92 Å². The fourth-order valence-corrected chi connectivity index (χ4v) is 4.94. The molecule has 1 fully saturated rings. The first-order chi connectivity index (χ1) is 14.4. The first-order valence-electron chi connectivity index (χ1n) is 10.2. The van der Waals surface area contributed by atoms with Crippen LogP contribution in [0.25, 0.3) is 0 Å². The number of para-hydroxylation sites is 1. The van der Waals surface area contributed by atoms with Crippen LogP contribution >= 0.6 is 11.8 Å². The molecule has 30 heavy (non-hydrogen) atoms. The van der Waals surface area contributed by atoms with Crippen LogP contribution in [-0.2, 0) is 14.4 Å². The number of anilines is 2. The Morgan fingerprint density at radius 2 is 1.80 bits per heavy atom. The van der Waals surface area contributed by atoms with Crippen LogP contribution in [0.2, 0.25) is 0 Å². The summed E-state index contributed by atoms with van der Waals surface area (Å²) in [4.78, 5) is 40.7. The summed E-state index contributed by atoms with van der Waals surface area (Å²) >= 11 is 1.30. The molecule has 7 heteroatoms. The highest BCUT2D eigenvalue weighted by molar-refractivity contribution is 8.01. The third kappa shape index (κ3) is 4.07. The van der Waals surface area contributed by atoms with E-state index in [0.29, 0.717) is 25.9 Å². The number of hydrogen-bond acceptors (Lipinski definition) is 4. The fourth-order valence-electron chi connectivity index (χ4n) is 3.86. The van der Waals surface area contributed by atoms with Crippen LogP contribution < -0.4 is 10.6 Å². The van der Waals surface area contributed by atoms with E-state index in [0.717, 1.165) is 27.4 Å². The van der Waals surface area contributed by atoms with Crippen molar-refractivity contribution in [2.45, 2.75) is 36.8 Å². The lowest BCUT2D eigenvalue weighted by Crippen LogP contribution is -2.48. The molecule has 2 aliphatic rings. The topological polar surface area (TPSA) is 78.5 Å². The summed E-state index contributed by atoms with van der Waals surface area (Å²) in [6, 6.07) is 13.4. The van der Waals surface area contributed by atoms with Crippen LogP contribution in [0.5, 0.6) is 0 Å². The van der Waals surface area contributed by atoms with Gasteiger partial charge in [-0.05, 0) is 56.0 Å². The maximum Gasteiger partial charge on any atom is 0.247 e. The van der Waals surface area contributed by atoms with Crippen LogP contribution in [0.1, 0.15) is 24.0 Å². The van der Waals surface area contributed by atoms with Gasteiger partial charge in [0, 0.05) is 29.6 Å². The number of nitrogens with one attached hydrogen (secondary N) is 2. The van der Waals surface area contributed by atoms with E-state index in [2.05, 4.69) is 10.6 Å². The molecule has 0 unspecified atom stereocenters. The van der Waals surface area contributed by atoms with E-state index in [1.807, 2.05) is 56.3 Å². The van der Waals surface area contributed by atoms with Crippen LogP contribution in [0.3, 0.4) is 0 Å². The SMILES string of the molecule is Cc1cccc(NC(=O)C2CCN(C(=O)[C@H]3Sc4ccccc4NC3=O)CC2)c1C. The van der Waals surface area contributed by atoms with Gasteiger partial charge in [0.2, 0.25) is 17.7 Å². The third-order valence-electron chi connectivity index (χ3n) is 5.89. The predicted molar refractivity (Wildman–Crippen MR) is 119 cm³/mol. The number of fused-ring (bicyclic) bond motifs is 1. The second kappa shape index (κ2) is 8.52. The minimum atomic E-state index is -0.778. The number of carbonyl (C=O) groups excluding carboxylic acids is 3. The molecule has 2 aromatic rings. The first kappa shape index (κ1) is 20.5. The van der Waals surface area contributed by atoms with Crippen LogP contribution in [0.15, 0.2) is 47.4 Å². The van der Waals surface area contributed by atoms with Crippen molar-refractivity contribution < 1.29 is 14.4 Å². The molecule has 1 atom stereocenters. The molecule has 0 aliphatic carbocycles. The summed E-state index contributed by atoms with van der Waals surface area (Å²) in [5, 5.41) is 5.08. The lowest BCUT2D eigenvalue weighted by atomic mass is 9.95. The zero-order valence-corrected chi connectivity index (χ0v) is 17.9. The fraction of sp³-hybridized carbons (Fsp3) is 0.348. The number of rotatable bonds is 3. The molecule has 0 bridgehead atoms. The van der Waals surface area contributed by atoms with Crippen LogP contribution in [-0.4, -0.2) is 41.0 Å². The average molecular weight is 424 g/mol. The van der Waals surface area contributed by atoms with Gasteiger partial charge in [0.25, 0.3) is 0 Å². The Labute approximate surface area is 180 Å². The molecule has 4 rings (SSSR count). The van der Waals surface area contributed by atoms with E-state index in [1.54, 1.807) is 4.90 Å². The van der Waals surface area contributed by atoms with E-state index in [9.17, 15) is 14.4 Å². The molecule has 2 N–H and O–H groups in total. The molecular formula is C23H25N3O3S. The summed E-state index contributed by atoms with van der Waals surface area (Å²) in [5.74, 6) is -0.601. The van der Waals surface area contributed by atoms with Crippen molar-refractivity contribution in [3.05, 3.63) is 53.6 Å². The Morgan fingerprint density at radius 3 is 2.57 bits per heavy atom. The number of nitrogens with zero attached hydrogens (tertiary/aromatic N) is 1. The van der Waals surface area contributed by atoms with Gasteiger partial charge >= 0.3 is 0 Å². The Hall–Kier alpha value is -2.80. The number of aryl methyl sites for hydroxylation is 1. The number of likely N-dealkylation sites (tertiary alicyclic amines) is 1. The molecule has 0 radical (unpaired) electrons. The van der Waals surface area contributed by atoms with Gasteiger partial charge in [-0.2, -0.15) is 0 Å². The first-order valence-corrected chi connectivity index (χ1v) is 11.0. The minimum absolute atomic E-state index is 0.00508. The second-order valence-electron chi connectivity index (χ2n) is 7.82. The van der Waals surface area contributed by atoms with Crippen LogP contribution in [0.4, 0.5) is 11.4 Å². The van der Waals surface area contributed by atoms with Crippen molar-refractivity contribution in [1.29, 1.82) is 0 Å². The Balaban J connectivity index is 1.35. The highest BCUT2D eigenvalue weighted by Crippen LogP contribution is 2.36. The van der Waals surface area contributed by atoms with Crippen LogP contribution in [0, 0.1) is 19.8 Å². The van der Waals surface area contributed by atoms with Crippen molar-refractivity contribution in [1.82, 2.24) is 4.90 Å². The van der Waals surface area contributed by atoms with E-state index < -0.39 is 5.25 Å². The van der Waals surface area contributed by atoms with Gasteiger partial charge in [0.1, 0.15) is 0 Å². The summed E-state index contributed by atoms with van der Waals surface area (Å²) < 4.78 is 0. The standard InChI is InChI=1S/C23H25N3O3S/c1-14-6-5-8-17(15(14)2)24-21(27)16-10-12-26(13-11-16)23(29)20-22(28)25-18-7-3-4-9-19(18)30-20/h3-9,16,20H,10-13H2,1-2H3,(H,24,27)(H,25,28)/t20-/m0/s1. The van der Waals surface area contributed by atoms with Gasteiger partial charge < -0.3 is 15.5 Å².